The van der Waals surface area contributed by atoms with Gasteiger partial charge in [-0.2, -0.15) is 0 Å². The lowest BCUT2D eigenvalue weighted by molar-refractivity contribution is 0.105. The summed E-state index contributed by atoms with van der Waals surface area (Å²) in [6.45, 7) is 8.28. The minimum Gasteiger partial charge on any atom is -0.488 e. The Balaban J connectivity index is 2.73. The van der Waals surface area contributed by atoms with Crippen LogP contribution in [0.5, 0.6) is 5.75 Å². The number of ether oxygens (including phenoxy) is 1. The Morgan fingerprint density at radius 2 is 1.80 bits per heavy atom. The Labute approximate surface area is 92.4 Å². The number of benzene rings is 1. The maximum atomic E-state index is 5.84. The van der Waals surface area contributed by atoms with Gasteiger partial charge in [-0.05, 0) is 44.9 Å². The molecule has 0 aliphatic heterocycles. The molecule has 0 aliphatic carbocycles. The molecule has 15 heavy (non-hydrogen) atoms. The average Bonchev–Trinajstić information content (AvgIpc) is 2.18. The van der Waals surface area contributed by atoms with Gasteiger partial charge in [-0.1, -0.05) is 19.1 Å². The molecule has 0 aliphatic rings. The lowest BCUT2D eigenvalue weighted by Gasteiger charge is -2.25. The van der Waals surface area contributed by atoms with E-state index >= 15 is 0 Å². The fraction of sp³-hybridized carbons (Fsp3) is 0.538. The van der Waals surface area contributed by atoms with Crippen molar-refractivity contribution < 1.29 is 4.74 Å². The molecule has 1 atom stereocenters. The Morgan fingerprint density at radius 3 is 2.20 bits per heavy atom. The molecule has 0 heterocycles. The van der Waals surface area contributed by atoms with Gasteiger partial charge in [0, 0.05) is 6.04 Å². The molecular weight excluding hydrogens is 186 g/mol. The summed E-state index contributed by atoms with van der Waals surface area (Å²) in [5.41, 5.74) is 6.81. The van der Waals surface area contributed by atoms with Crippen molar-refractivity contribution in [3.8, 4) is 5.75 Å². The molecule has 1 aromatic carbocycles. The molecule has 0 saturated carbocycles. The number of hydrogen-bond acceptors (Lipinski definition) is 2. The third-order valence-electron chi connectivity index (χ3n) is 2.65. The molecule has 2 N–H and O–H groups in total. The summed E-state index contributed by atoms with van der Waals surface area (Å²) in [6.07, 6.45) is 0.988. The van der Waals surface area contributed by atoms with Crippen LogP contribution >= 0.6 is 0 Å². The van der Waals surface area contributed by atoms with E-state index in [1.54, 1.807) is 0 Å². The molecule has 2 heteroatoms. The van der Waals surface area contributed by atoms with Gasteiger partial charge < -0.3 is 10.5 Å². The molecule has 0 saturated heterocycles. The highest BCUT2D eigenvalue weighted by Gasteiger charge is 2.16. The number of hydrogen-bond donors (Lipinski definition) is 1. The second-order valence-electron chi connectivity index (χ2n) is 4.57. The van der Waals surface area contributed by atoms with Crippen LogP contribution in [-0.2, 0) is 0 Å². The third-order valence-corrected chi connectivity index (χ3v) is 2.65. The fourth-order valence-electron chi connectivity index (χ4n) is 1.23. The summed E-state index contributed by atoms with van der Waals surface area (Å²) in [6, 6.07) is 8.09. The van der Waals surface area contributed by atoms with Crippen LogP contribution in [0.15, 0.2) is 24.3 Å². The zero-order valence-corrected chi connectivity index (χ0v) is 10.1. The molecular formula is C13H21NO. The molecule has 0 aromatic heterocycles. The highest BCUT2D eigenvalue weighted by molar-refractivity contribution is 5.29. The van der Waals surface area contributed by atoms with E-state index in [0.717, 1.165) is 17.7 Å². The second-order valence-corrected chi connectivity index (χ2v) is 4.57. The van der Waals surface area contributed by atoms with Gasteiger partial charge in [0.2, 0.25) is 0 Å². The van der Waals surface area contributed by atoms with Crippen LogP contribution < -0.4 is 10.5 Å². The van der Waals surface area contributed by atoms with E-state index in [2.05, 4.69) is 20.8 Å². The van der Waals surface area contributed by atoms with E-state index in [4.69, 9.17) is 10.5 Å². The molecule has 0 amide bonds. The van der Waals surface area contributed by atoms with Gasteiger partial charge in [-0.3, -0.25) is 0 Å². The summed E-state index contributed by atoms with van der Waals surface area (Å²) in [5, 5.41) is 0. The van der Waals surface area contributed by atoms with Crippen molar-refractivity contribution in [2.45, 2.75) is 45.8 Å². The molecule has 0 bridgehead atoms. The SMILES string of the molecule is CCC(C)(C)Oc1ccc(C(C)N)cc1. The molecule has 1 aromatic rings. The predicted molar refractivity (Wildman–Crippen MR) is 64.0 cm³/mol. The van der Waals surface area contributed by atoms with Crippen LogP contribution in [0.1, 0.15) is 45.7 Å². The van der Waals surface area contributed by atoms with E-state index in [-0.39, 0.29) is 11.6 Å². The van der Waals surface area contributed by atoms with Crippen molar-refractivity contribution >= 4 is 0 Å². The summed E-state index contributed by atoms with van der Waals surface area (Å²) in [5.74, 6) is 0.909. The van der Waals surface area contributed by atoms with Crippen LogP contribution in [0.3, 0.4) is 0 Å². The number of rotatable bonds is 4. The van der Waals surface area contributed by atoms with E-state index in [0.29, 0.717) is 0 Å². The van der Waals surface area contributed by atoms with Crippen molar-refractivity contribution in [3.63, 3.8) is 0 Å². The van der Waals surface area contributed by atoms with Crippen LogP contribution in [0.25, 0.3) is 0 Å². The molecule has 2 nitrogen and oxygen atoms in total. The zero-order valence-electron chi connectivity index (χ0n) is 10.1. The average molecular weight is 207 g/mol. The molecule has 0 fully saturated rings. The van der Waals surface area contributed by atoms with E-state index in [1.807, 2.05) is 31.2 Å². The molecule has 1 rings (SSSR count). The molecule has 0 spiro atoms. The van der Waals surface area contributed by atoms with Crippen LogP contribution in [-0.4, -0.2) is 5.60 Å². The van der Waals surface area contributed by atoms with E-state index in [9.17, 15) is 0 Å². The quantitative estimate of drug-likeness (QED) is 0.822. The van der Waals surface area contributed by atoms with Crippen LogP contribution in [0.2, 0.25) is 0 Å². The Morgan fingerprint density at radius 1 is 1.27 bits per heavy atom. The summed E-state index contributed by atoms with van der Waals surface area (Å²) in [4.78, 5) is 0. The predicted octanol–water partition coefficient (Wildman–Crippen LogP) is 3.27. The Kier molecular flexibility index (Phi) is 3.75. The smallest absolute Gasteiger partial charge is 0.120 e. The molecule has 0 radical (unpaired) electrons. The first-order valence-corrected chi connectivity index (χ1v) is 5.49. The van der Waals surface area contributed by atoms with E-state index < -0.39 is 0 Å². The summed E-state index contributed by atoms with van der Waals surface area (Å²) in [7, 11) is 0. The highest BCUT2D eigenvalue weighted by Crippen LogP contribution is 2.22. The van der Waals surface area contributed by atoms with Crippen LogP contribution in [0.4, 0.5) is 0 Å². The maximum Gasteiger partial charge on any atom is 0.120 e. The van der Waals surface area contributed by atoms with Crippen LogP contribution in [0, 0.1) is 0 Å². The summed E-state index contributed by atoms with van der Waals surface area (Å²) < 4.78 is 5.84. The second kappa shape index (κ2) is 4.67. The maximum absolute atomic E-state index is 5.84. The fourth-order valence-corrected chi connectivity index (χ4v) is 1.23. The van der Waals surface area contributed by atoms with Gasteiger partial charge in [-0.15, -0.1) is 0 Å². The zero-order chi connectivity index (χ0) is 11.5. The molecule has 84 valence electrons. The van der Waals surface area contributed by atoms with Gasteiger partial charge >= 0.3 is 0 Å². The first-order valence-electron chi connectivity index (χ1n) is 5.49. The first kappa shape index (κ1) is 12.1. The van der Waals surface area contributed by atoms with Crippen molar-refractivity contribution in [2.75, 3.05) is 0 Å². The topological polar surface area (TPSA) is 35.2 Å². The lowest BCUT2D eigenvalue weighted by atomic mass is 10.1. The van der Waals surface area contributed by atoms with Crippen molar-refractivity contribution in [1.29, 1.82) is 0 Å². The van der Waals surface area contributed by atoms with Gasteiger partial charge in [0.15, 0.2) is 0 Å². The minimum atomic E-state index is -0.101. The standard InChI is InChI=1S/C13H21NO/c1-5-13(3,4)15-12-8-6-11(7-9-12)10(2)14/h6-10H,5,14H2,1-4H3. The normalized spacial score (nSPS) is 13.7. The molecule has 1 unspecified atom stereocenters. The van der Waals surface area contributed by atoms with Crippen molar-refractivity contribution in [1.82, 2.24) is 0 Å². The first-order chi connectivity index (χ1) is 6.94. The van der Waals surface area contributed by atoms with Crippen molar-refractivity contribution in [2.24, 2.45) is 5.73 Å². The summed E-state index contributed by atoms with van der Waals surface area (Å²) >= 11 is 0. The third kappa shape index (κ3) is 3.56. The minimum absolute atomic E-state index is 0.0817. The lowest BCUT2D eigenvalue weighted by Crippen LogP contribution is -2.26. The highest BCUT2D eigenvalue weighted by atomic mass is 16.5. The van der Waals surface area contributed by atoms with Gasteiger partial charge in [0.1, 0.15) is 11.4 Å². The monoisotopic (exact) mass is 207 g/mol. The van der Waals surface area contributed by atoms with Gasteiger partial charge in [0.05, 0.1) is 0 Å². The van der Waals surface area contributed by atoms with Gasteiger partial charge in [-0.25, -0.2) is 0 Å². The van der Waals surface area contributed by atoms with E-state index in [1.165, 1.54) is 0 Å². The largest absolute Gasteiger partial charge is 0.488 e. The Bertz CT molecular complexity index is 301. The van der Waals surface area contributed by atoms with Gasteiger partial charge in [0.25, 0.3) is 0 Å². The Hall–Kier alpha value is -1.02. The number of nitrogens with two attached hydrogens (primary N) is 1. The van der Waals surface area contributed by atoms with Crippen molar-refractivity contribution in [3.05, 3.63) is 29.8 Å².